The number of alkyl halides is 6. The molecule has 2 atom stereocenters. The van der Waals surface area contributed by atoms with Crippen molar-refractivity contribution in [1.82, 2.24) is 15.2 Å². The van der Waals surface area contributed by atoms with Crippen molar-refractivity contribution >= 4 is 34.4 Å². The number of nitrogens with one attached hydrogen (secondary N) is 1. The van der Waals surface area contributed by atoms with Crippen LogP contribution in [0.5, 0.6) is 0 Å². The highest BCUT2D eigenvalue weighted by Gasteiger charge is 2.60. The third kappa shape index (κ3) is 6.14. The van der Waals surface area contributed by atoms with Gasteiger partial charge >= 0.3 is 18.4 Å². The Labute approximate surface area is 229 Å². The van der Waals surface area contributed by atoms with E-state index in [4.69, 9.17) is 9.52 Å². The highest BCUT2D eigenvalue weighted by Crippen LogP contribution is 2.45. The van der Waals surface area contributed by atoms with Crippen LogP contribution in [0.2, 0.25) is 0 Å². The minimum absolute atomic E-state index is 0.112. The average molecular weight is 667 g/mol. The Kier molecular flexibility index (Phi) is 8.55. The van der Waals surface area contributed by atoms with Gasteiger partial charge in [-0.2, -0.15) is 31.6 Å². The number of aromatic nitrogens is 3. The van der Waals surface area contributed by atoms with Crippen molar-refractivity contribution in [1.29, 1.82) is 5.26 Å². The third-order valence-corrected chi connectivity index (χ3v) is 6.01. The summed E-state index contributed by atoms with van der Waals surface area (Å²) in [7, 11) is 0. The van der Waals surface area contributed by atoms with Crippen molar-refractivity contribution in [3.63, 3.8) is 0 Å². The molecule has 2 unspecified atom stereocenters. The first-order valence-corrected chi connectivity index (χ1v) is 11.7. The first kappa shape index (κ1) is 29.8. The van der Waals surface area contributed by atoms with Crippen LogP contribution in [0.3, 0.4) is 0 Å². The van der Waals surface area contributed by atoms with Gasteiger partial charge < -0.3 is 14.6 Å². The molecule has 39 heavy (non-hydrogen) atoms. The second-order valence-corrected chi connectivity index (χ2v) is 9.17. The number of benzene rings is 1. The van der Waals surface area contributed by atoms with Gasteiger partial charge in [-0.3, -0.25) is 5.32 Å². The van der Waals surface area contributed by atoms with Crippen LogP contribution in [-0.4, -0.2) is 37.7 Å². The van der Waals surface area contributed by atoms with E-state index < -0.39 is 69.9 Å². The van der Waals surface area contributed by atoms with Gasteiger partial charge in [0.15, 0.2) is 5.69 Å². The van der Waals surface area contributed by atoms with E-state index >= 15 is 0 Å². The van der Waals surface area contributed by atoms with Gasteiger partial charge in [-0.25, -0.2) is 9.78 Å². The van der Waals surface area contributed by atoms with Crippen LogP contribution in [0.25, 0.3) is 11.6 Å². The maximum atomic E-state index is 14.1. The molecule has 3 rings (SSSR count). The SMILES string of the molecule is C=CCCC(C#N)c1nc(-c2nnc(C(O)(c3cccc(I)c3)C(F)(F)F)o2)c(NC(=O)O)cc1C(F)(F)F. The molecule has 3 aromatic rings. The summed E-state index contributed by atoms with van der Waals surface area (Å²) >= 11 is 1.71. The van der Waals surface area contributed by atoms with E-state index in [0.717, 1.165) is 12.1 Å². The van der Waals surface area contributed by atoms with Crippen molar-refractivity contribution in [2.75, 3.05) is 5.32 Å². The van der Waals surface area contributed by atoms with E-state index in [9.17, 15) is 41.5 Å². The summed E-state index contributed by atoms with van der Waals surface area (Å²) in [6.07, 6.45) is -11.0. The molecule has 1 amide bonds. The minimum Gasteiger partial charge on any atom is -0.465 e. The fourth-order valence-corrected chi connectivity index (χ4v) is 4.07. The summed E-state index contributed by atoms with van der Waals surface area (Å²) in [5, 5.41) is 37.8. The van der Waals surface area contributed by atoms with Gasteiger partial charge in [-0.05, 0) is 53.6 Å². The molecule has 0 aliphatic heterocycles. The number of pyridine rings is 1. The molecule has 0 fully saturated rings. The Morgan fingerprint density at radius 3 is 2.46 bits per heavy atom. The predicted molar refractivity (Wildman–Crippen MR) is 130 cm³/mol. The van der Waals surface area contributed by atoms with Crippen LogP contribution in [-0.2, 0) is 11.8 Å². The van der Waals surface area contributed by atoms with Gasteiger partial charge in [0.2, 0.25) is 0 Å². The number of nitriles is 1. The van der Waals surface area contributed by atoms with Crippen LogP contribution in [0, 0.1) is 14.9 Å². The number of nitrogens with zero attached hydrogens (tertiary/aromatic N) is 4. The Bertz CT molecular complexity index is 1440. The Morgan fingerprint density at radius 1 is 1.23 bits per heavy atom. The molecular formula is C23H16F6IN5O4. The summed E-state index contributed by atoms with van der Waals surface area (Å²) in [5.74, 6) is -3.82. The molecule has 0 spiro atoms. The van der Waals surface area contributed by atoms with Gasteiger partial charge in [0.1, 0.15) is 0 Å². The van der Waals surface area contributed by atoms with Gasteiger partial charge in [-0.1, -0.05) is 18.2 Å². The summed E-state index contributed by atoms with van der Waals surface area (Å²) < 4.78 is 89.4. The molecule has 0 aliphatic rings. The van der Waals surface area contributed by atoms with Crippen molar-refractivity contribution in [3.8, 4) is 17.7 Å². The van der Waals surface area contributed by atoms with Gasteiger partial charge in [0.25, 0.3) is 17.4 Å². The second kappa shape index (κ2) is 11.2. The summed E-state index contributed by atoms with van der Waals surface area (Å²) in [6.45, 7) is 3.44. The fraction of sp³-hybridized carbons (Fsp3) is 0.261. The Morgan fingerprint density at radius 2 is 1.92 bits per heavy atom. The second-order valence-electron chi connectivity index (χ2n) is 7.92. The van der Waals surface area contributed by atoms with Crippen molar-refractivity contribution in [3.05, 3.63) is 69.3 Å². The molecule has 1 aromatic carbocycles. The molecule has 9 nitrogen and oxygen atoms in total. The number of halogens is 7. The number of amides is 1. The van der Waals surface area contributed by atoms with Gasteiger partial charge in [-0.15, -0.1) is 16.8 Å². The number of hydrogen-bond donors (Lipinski definition) is 3. The zero-order valence-corrected chi connectivity index (χ0v) is 21.5. The number of hydrogen-bond acceptors (Lipinski definition) is 7. The highest BCUT2D eigenvalue weighted by molar-refractivity contribution is 14.1. The minimum atomic E-state index is -5.40. The monoisotopic (exact) mass is 667 g/mol. The summed E-state index contributed by atoms with van der Waals surface area (Å²) in [5.41, 5.74) is -8.49. The normalized spacial score (nSPS) is 14.2. The molecule has 206 valence electrons. The largest absolute Gasteiger partial charge is 0.465 e. The van der Waals surface area contributed by atoms with Crippen molar-refractivity contribution in [2.45, 2.75) is 36.7 Å². The Hall–Kier alpha value is -3.72. The molecule has 2 heterocycles. The van der Waals surface area contributed by atoms with Crippen LogP contribution in [0.15, 0.2) is 47.4 Å². The van der Waals surface area contributed by atoms with Crippen LogP contribution in [0.4, 0.5) is 36.8 Å². The van der Waals surface area contributed by atoms with E-state index in [1.165, 1.54) is 18.2 Å². The molecule has 0 aliphatic carbocycles. The van der Waals surface area contributed by atoms with Crippen molar-refractivity contribution in [2.24, 2.45) is 0 Å². The van der Waals surface area contributed by atoms with E-state index in [0.29, 0.717) is 9.64 Å². The first-order valence-electron chi connectivity index (χ1n) is 10.7. The highest BCUT2D eigenvalue weighted by atomic mass is 127. The number of aliphatic hydroxyl groups is 1. The van der Waals surface area contributed by atoms with Crippen LogP contribution < -0.4 is 5.32 Å². The first-order chi connectivity index (χ1) is 18.1. The zero-order chi connectivity index (χ0) is 29.2. The molecule has 0 bridgehead atoms. The lowest BCUT2D eigenvalue weighted by Gasteiger charge is -2.27. The van der Waals surface area contributed by atoms with Gasteiger partial charge in [0, 0.05) is 9.13 Å². The van der Waals surface area contributed by atoms with E-state index in [-0.39, 0.29) is 12.8 Å². The number of allylic oxidation sites excluding steroid dienone is 1. The lowest BCUT2D eigenvalue weighted by atomic mass is 9.93. The zero-order valence-electron chi connectivity index (χ0n) is 19.3. The molecule has 0 saturated heterocycles. The molecule has 0 saturated carbocycles. The molecule has 16 heteroatoms. The number of rotatable bonds is 8. The lowest BCUT2D eigenvalue weighted by Crippen LogP contribution is -2.43. The fourth-order valence-electron chi connectivity index (χ4n) is 3.53. The lowest BCUT2D eigenvalue weighted by molar-refractivity contribution is -0.255. The molecule has 3 N–H and O–H groups in total. The third-order valence-electron chi connectivity index (χ3n) is 5.33. The summed E-state index contributed by atoms with van der Waals surface area (Å²) in [6, 6.07) is 6.63. The van der Waals surface area contributed by atoms with E-state index in [1.54, 1.807) is 34.0 Å². The van der Waals surface area contributed by atoms with Gasteiger partial charge in [0.05, 0.1) is 28.9 Å². The number of carboxylic acid groups (broad SMARTS) is 1. The standard InChI is InChI=1S/C23H16F6IN5O4/c1-2-3-5-11(10-31)16-14(22(24,25)26)9-15(32-20(36)37)17(33-16)18-34-35-19(39-18)21(38,23(27,28)29)12-6-4-7-13(30)8-12/h2,4,6-9,11,32,38H,1,3,5H2,(H,36,37). The molecular weight excluding hydrogens is 651 g/mol. The van der Waals surface area contributed by atoms with Crippen LogP contribution in [0.1, 0.15) is 41.5 Å². The molecule has 0 radical (unpaired) electrons. The van der Waals surface area contributed by atoms with Crippen molar-refractivity contribution < 1.29 is 45.8 Å². The van der Waals surface area contributed by atoms with E-state index in [1.807, 2.05) is 0 Å². The number of anilines is 1. The smallest absolute Gasteiger partial charge is 0.430 e. The average Bonchev–Trinajstić information content (AvgIpc) is 3.33. The number of carbonyl (C=O) groups is 1. The van der Waals surface area contributed by atoms with Crippen LogP contribution >= 0.6 is 22.6 Å². The Balaban J connectivity index is 2.29. The quantitative estimate of drug-likeness (QED) is 0.146. The summed E-state index contributed by atoms with van der Waals surface area (Å²) in [4.78, 5) is 15.1. The van der Waals surface area contributed by atoms with E-state index in [2.05, 4.69) is 21.8 Å². The maximum Gasteiger partial charge on any atom is 0.430 e. The predicted octanol–water partition coefficient (Wildman–Crippen LogP) is 6.22. The maximum absolute atomic E-state index is 14.1. The molecule has 2 aromatic heterocycles. The topological polar surface area (TPSA) is 145 Å².